The van der Waals surface area contributed by atoms with Gasteiger partial charge in [0.1, 0.15) is 5.76 Å². The zero-order chi connectivity index (χ0) is 43.7. The summed E-state index contributed by atoms with van der Waals surface area (Å²) in [5, 5.41) is 27.2. The molecule has 14 heteroatoms. The van der Waals surface area contributed by atoms with Crippen LogP contribution in [0.15, 0.2) is 166 Å². The fourth-order valence-corrected chi connectivity index (χ4v) is 11.7. The first kappa shape index (κ1) is 37.0. The maximum absolute atomic E-state index is 15.0. The number of nitrogens with zero attached hydrogens (tertiary/aromatic N) is 1. The van der Waals surface area contributed by atoms with Crippen LogP contribution in [-0.4, -0.2) is 36.8 Å². The van der Waals surface area contributed by atoms with Crippen molar-refractivity contribution in [3.8, 4) is 22.3 Å². The number of aliphatic hydroxyl groups excluding tert-OH is 1. The van der Waals surface area contributed by atoms with E-state index in [2.05, 4.69) is 16.0 Å². The zero-order valence-corrected chi connectivity index (χ0v) is 34.6. The van der Waals surface area contributed by atoms with E-state index in [1.807, 2.05) is 97.1 Å². The van der Waals surface area contributed by atoms with E-state index in [1.165, 1.54) is 24.3 Å². The SMILES string of the molecule is O=C1C(c2ccc3cccc4c3c2NC2(N4)c3ccccc3-c3ccc(S(=O)(=O)O)cc32)=C(O)C1=c1ccc2cccc3c2c1=NC1(N3)c2ccccc2-c2ccc(S(=O)(=O)O)cc21. The number of anilines is 3. The molecule has 0 fully saturated rings. The van der Waals surface area contributed by atoms with E-state index in [1.54, 1.807) is 24.3 Å². The minimum atomic E-state index is -4.60. The van der Waals surface area contributed by atoms with Crippen LogP contribution in [0.5, 0.6) is 0 Å². The van der Waals surface area contributed by atoms with Gasteiger partial charge in [0.25, 0.3) is 20.2 Å². The molecule has 0 bridgehead atoms. The van der Waals surface area contributed by atoms with Crippen molar-refractivity contribution < 1.29 is 35.8 Å². The number of allylic oxidation sites excluding steroid dienone is 2. The predicted octanol–water partition coefficient (Wildman–Crippen LogP) is 7.84. The van der Waals surface area contributed by atoms with Gasteiger partial charge in [-0.2, -0.15) is 16.8 Å². The molecular formula is C50H30N4O8S2. The molecule has 3 aliphatic carbocycles. The summed E-state index contributed by atoms with van der Waals surface area (Å²) in [6.07, 6.45) is 0. The molecule has 5 aliphatic rings. The summed E-state index contributed by atoms with van der Waals surface area (Å²) in [4.78, 5) is 19.8. The van der Waals surface area contributed by atoms with Crippen LogP contribution in [0.25, 0.3) is 54.9 Å². The molecule has 2 aliphatic heterocycles. The van der Waals surface area contributed by atoms with Crippen molar-refractivity contribution in [3.05, 3.63) is 190 Å². The Morgan fingerprint density at radius 3 is 1.75 bits per heavy atom. The third-order valence-corrected chi connectivity index (χ3v) is 15.1. The number of benzene rings is 8. The van der Waals surface area contributed by atoms with Crippen LogP contribution >= 0.6 is 0 Å². The van der Waals surface area contributed by atoms with Gasteiger partial charge in [0.15, 0.2) is 11.3 Å². The lowest BCUT2D eigenvalue weighted by atomic mass is 9.79. The fourth-order valence-electron chi connectivity index (χ4n) is 10.7. The third-order valence-electron chi connectivity index (χ3n) is 13.4. The lowest BCUT2D eigenvalue weighted by molar-refractivity contribution is -0.109. The van der Waals surface area contributed by atoms with Crippen LogP contribution in [0.2, 0.25) is 0 Å². The molecule has 0 saturated heterocycles. The molecule has 12 nitrogen and oxygen atoms in total. The Kier molecular flexibility index (Phi) is 6.99. The fraction of sp³-hybridized carbons (Fsp3) is 0.0400. The normalized spacial score (nSPS) is 20.5. The van der Waals surface area contributed by atoms with Gasteiger partial charge in [-0.1, -0.05) is 109 Å². The first-order valence-corrected chi connectivity index (χ1v) is 23.1. The summed E-state index contributed by atoms with van der Waals surface area (Å²) in [6, 6.07) is 42.9. The standard InChI is InChI=1S/C50H30N4O8S2/c55-47-43(33-19-15-25-7-5-13-39-41(25)45(33)53-49(51-39)35-11-3-1-9-29(35)31-21-17-27(23-37(31)49)63(57,58)59)48(56)44(47)34-20-16-26-8-6-14-40-42(26)46(34)54-50(52-40)36-12-4-2-10-30(36)32-22-18-28(24-38(32)50)64(60,61)62/h1-24,51-53,55H,(H,57,58,59)(H,60,61,62). The van der Waals surface area contributed by atoms with Gasteiger partial charge in [-0.05, 0) is 69.4 Å². The zero-order valence-electron chi connectivity index (χ0n) is 33.0. The predicted molar refractivity (Wildman–Crippen MR) is 242 cm³/mol. The second-order valence-corrected chi connectivity index (χ2v) is 19.4. The number of aliphatic hydroxyl groups is 1. The summed E-state index contributed by atoms with van der Waals surface area (Å²) < 4.78 is 70.3. The van der Waals surface area contributed by atoms with Crippen molar-refractivity contribution in [2.75, 3.05) is 16.0 Å². The molecule has 310 valence electrons. The van der Waals surface area contributed by atoms with Crippen molar-refractivity contribution in [1.82, 2.24) is 0 Å². The largest absolute Gasteiger partial charge is 0.506 e. The molecule has 0 radical (unpaired) electrons. The Morgan fingerprint density at radius 1 is 0.500 bits per heavy atom. The number of ketones is 1. The van der Waals surface area contributed by atoms with E-state index >= 15 is 0 Å². The van der Waals surface area contributed by atoms with Gasteiger partial charge >= 0.3 is 0 Å². The number of hydrogen-bond acceptors (Lipinski definition) is 10. The molecule has 8 aromatic rings. The Morgan fingerprint density at radius 2 is 1.06 bits per heavy atom. The van der Waals surface area contributed by atoms with Gasteiger partial charge in [0.2, 0.25) is 5.78 Å². The highest BCUT2D eigenvalue weighted by atomic mass is 32.2. The summed E-state index contributed by atoms with van der Waals surface area (Å²) in [7, 11) is -9.18. The lowest BCUT2D eigenvalue weighted by Crippen LogP contribution is -2.45. The quantitative estimate of drug-likeness (QED) is 0.0948. The molecule has 64 heavy (non-hydrogen) atoms. The van der Waals surface area contributed by atoms with Crippen LogP contribution in [-0.2, 0) is 36.4 Å². The van der Waals surface area contributed by atoms with Crippen molar-refractivity contribution >= 4 is 75.8 Å². The van der Waals surface area contributed by atoms with Crippen LogP contribution in [0.4, 0.5) is 17.1 Å². The van der Waals surface area contributed by atoms with Gasteiger partial charge in [-0.25, -0.2) is 4.99 Å². The molecule has 2 heterocycles. The van der Waals surface area contributed by atoms with Gasteiger partial charge < -0.3 is 21.1 Å². The van der Waals surface area contributed by atoms with Crippen LogP contribution < -0.4 is 26.5 Å². The van der Waals surface area contributed by atoms with Crippen LogP contribution in [0.1, 0.15) is 27.8 Å². The molecule has 0 aromatic heterocycles. The third kappa shape index (κ3) is 4.66. The minimum Gasteiger partial charge on any atom is -0.506 e. The number of rotatable bonds is 3. The minimum absolute atomic E-state index is 0.0549. The van der Waals surface area contributed by atoms with E-state index < -0.39 is 37.3 Å². The van der Waals surface area contributed by atoms with Gasteiger partial charge in [-0.15, -0.1) is 0 Å². The molecule has 2 atom stereocenters. The molecule has 2 unspecified atom stereocenters. The summed E-state index contributed by atoms with van der Waals surface area (Å²) in [6.45, 7) is 0. The van der Waals surface area contributed by atoms with E-state index in [0.717, 1.165) is 49.5 Å². The maximum Gasteiger partial charge on any atom is 0.294 e. The lowest BCUT2D eigenvalue weighted by Gasteiger charge is -2.41. The molecule has 2 spiro atoms. The summed E-state index contributed by atoms with van der Waals surface area (Å²) in [5.74, 6) is -0.678. The molecule has 0 saturated carbocycles. The number of Topliss-reactive ketones (excluding diaryl/α,β-unsaturated/α-hetero) is 1. The first-order valence-electron chi connectivity index (χ1n) is 20.3. The van der Waals surface area contributed by atoms with Gasteiger partial charge in [0, 0.05) is 55.2 Å². The second kappa shape index (κ2) is 12.1. The molecule has 6 N–H and O–H groups in total. The van der Waals surface area contributed by atoms with Gasteiger partial charge in [0.05, 0.1) is 32.0 Å². The van der Waals surface area contributed by atoms with Crippen molar-refractivity contribution in [3.63, 3.8) is 0 Å². The Balaban J connectivity index is 1.06. The molecular weight excluding hydrogens is 849 g/mol. The summed E-state index contributed by atoms with van der Waals surface area (Å²) in [5.41, 5.74) is 5.47. The highest BCUT2D eigenvalue weighted by Crippen LogP contribution is 2.56. The Hall–Kier alpha value is -7.62. The second-order valence-electron chi connectivity index (χ2n) is 16.6. The van der Waals surface area contributed by atoms with E-state index in [0.29, 0.717) is 49.7 Å². The van der Waals surface area contributed by atoms with E-state index in [4.69, 9.17) is 4.99 Å². The van der Waals surface area contributed by atoms with Crippen molar-refractivity contribution in [2.24, 2.45) is 4.99 Å². The van der Waals surface area contributed by atoms with Gasteiger partial charge in [-0.3, -0.25) is 13.9 Å². The summed E-state index contributed by atoms with van der Waals surface area (Å²) >= 11 is 0. The monoisotopic (exact) mass is 878 g/mol. The van der Waals surface area contributed by atoms with Crippen LogP contribution in [0, 0.1) is 0 Å². The Bertz CT molecular complexity index is 4000. The smallest absolute Gasteiger partial charge is 0.294 e. The number of hydrogen-bond donors (Lipinski definition) is 6. The Labute approximate surface area is 364 Å². The first-order chi connectivity index (χ1) is 30.8. The number of nitrogens with one attached hydrogen (secondary N) is 3. The van der Waals surface area contributed by atoms with E-state index in [9.17, 15) is 35.8 Å². The molecule has 8 aromatic carbocycles. The maximum atomic E-state index is 15.0. The van der Waals surface area contributed by atoms with Crippen LogP contribution in [0.3, 0.4) is 0 Å². The van der Waals surface area contributed by atoms with Crippen molar-refractivity contribution in [1.29, 1.82) is 0 Å². The number of fused-ring (bicyclic) bond motifs is 10. The average molecular weight is 879 g/mol. The number of carbonyl (C=O) groups is 1. The highest BCUT2D eigenvalue weighted by molar-refractivity contribution is 7.86. The topological polar surface area (TPSA) is 194 Å². The number of carbonyl (C=O) groups excluding carboxylic acids is 1. The van der Waals surface area contributed by atoms with Crippen molar-refractivity contribution in [2.45, 2.75) is 21.1 Å². The van der Waals surface area contributed by atoms with E-state index in [-0.39, 0.29) is 26.7 Å². The molecule has 13 rings (SSSR count). The highest BCUT2D eigenvalue weighted by Gasteiger charge is 2.49. The average Bonchev–Trinajstić information content (AvgIpc) is 3.69. The molecule has 0 amide bonds.